The van der Waals surface area contributed by atoms with Crippen molar-refractivity contribution in [2.75, 3.05) is 43.0 Å². The molecule has 1 aliphatic carbocycles. The van der Waals surface area contributed by atoms with E-state index in [1.807, 2.05) is 24.3 Å². The van der Waals surface area contributed by atoms with Crippen LogP contribution in [-0.4, -0.2) is 51.9 Å². The first-order valence-electron chi connectivity index (χ1n) is 11.0. The van der Waals surface area contributed by atoms with E-state index < -0.39 is 10.0 Å². The number of carbonyl (C=O) groups is 1. The number of halogens is 1. The van der Waals surface area contributed by atoms with E-state index in [-0.39, 0.29) is 10.8 Å². The van der Waals surface area contributed by atoms with Crippen LogP contribution in [0.5, 0.6) is 0 Å². The number of hydrogen-bond donors (Lipinski definition) is 0. The minimum atomic E-state index is -3.65. The second-order valence-corrected chi connectivity index (χ2v) is 11.0. The van der Waals surface area contributed by atoms with Crippen LogP contribution < -0.4 is 9.80 Å². The number of likely N-dealkylation sites (N-methyl/N-ethyl adjacent to an activating group) is 1. The van der Waals surface area contributed by atoms with Gasteiger partial charge >= 0.3 is 0 Å². The van der Waals surface area contributed by atoms with E-state index in [1.165, 1.54) is 0 Å². The van der Waals surface area contributed by atoms with Gasteiger partial charge in [0.05, 0.1) is 10.6 Å². The number of amides is 1. The minimum absolute atomic E-state index is 0.0263. The monoisotopic (exact) mass is 471 g/mol. The Morgan fingerprint density at radius 3 is 2.34 bits per heavy atom. The Hall–Kier alpha value is -2.35. The van der Waals surface area contributed by atoms with Crippen LogP contribution >= 0.6 is 11.6 Å². The van der Waals surface area contributed by atoms with Crippen molar-refractivity contribution in [2.24, 2.45) is 0 Å². The largest absolute Gasteiger partial charge is 0.369 e. The first kappa shape index (κ1) is 21.5. The summed E-state index contributed by atoms with van der Waals surface area (Å²) in [4.78, 5) is 16.9. The van der Waals surface area contributed by atoms with Gasteiger partial charge in [-0.2, -0.15) is 4.31 Å². The number of anilines is 2. The van der Waals surface area contributed by atoms with Crippen molar-refractivity contribution >= 4 is 44.5 Å². The van der Waals surface area contributed by atoms with Gasteiger partial charge in [0.25, 0.3) is 5.91 Å². The van der Waals surface area contributed by atoms with Gasteiger partial charge in [0.1, 0.15) is 0 Å². The molecule has 0 bridgehead atoms. The average molecular weight is 472 g/mol. The highest BCUT2D eigenvalue weighted by Gasteiger charge is 2.35. The molecule has 32 heavy (non-hydrogen) atoms. The van der Waals surface area contributed by atoms with Crippen LogP contribution in [0.15, 0.2) is 52.9 Å². The molecule has 2 heterocycles. The topological polar surface area (TPSA) is 60.9 Å². The van der Waals surface area contributed by atoms with Gasteiger partial charge in [-0.1, -0.05) is 23.2 Å². The van der Waals surface area contributed by atoms with Crippen LogP contribution in [0.1, 0.15) is 31.2 Å². The Balaban J connectivity index is 1.41. The summed E-state index contributed by atoms with van der Waals surface area (Å²) in [5, 5.41) is 0.669. The smallest absolute Gasteiger partial charge is 0.258 e. The summed E-state index contributed by atoms with van der Waals surface area (Å²) in [7, 11) is -1.89. The maximum atomic E-state index is 13.4. The Labute approximate surface area is 194 Å². The van der Waals surface area contributed by atoms with Gasteiger partial charge in [0.15, 0.2) is 0 Å². The van der Waals surface area contributed by atoms with E-state index in [0.29, 0.717) is 36.8 Å². The minimum Gasteiger partial charge on any atom is -0.369 e. The molecular weight excluding hydrogens is 446 g/mol. The standard InChI is InChI=1S/C24H26ClN3O3S/c1-26-22-10-9-20(16-21(22)23(24(26)29)17-5-2-3-6-17)32(30,31)28-13-11-27(12-14-28)19-8-4-7-18(25)15-19/h4,7-10,15-16H,2-3,5-6,11-14H2,1H3. The molecule has 0 aromatic heterocycles. The number of nitrogens with zero attached hydrogens (tertiary/aromatic N) is 3. The summed E-state index contributed by atoms with van der Waals surface area (Å²) < 4.78 is 28.4. The third kappa shape index (κ3) is 3.62. The Morgan fingerprint density at radius 2 is 1.66 bits per heavy atom. The molecule has 0 atom stereocenters. The van der Waals surface area contributed by atoms with Crippen molar-refractivity contribution in [3.63, 3.8) is 0 Å². The van der Waals surface area contributed by atoms with Crippen LogP contribution in [-0.2, 0) is 14.8 Å². The zero-order valence-electron chi connectivity index (χ0n) is 18.1. The second-order valence-electron chi connectivity index (χ2n) is 8.60. The van der Waals surface area contributed by atoms with Gasteiger partial charge in [0, 0.05) is 55.1 Å². The summed E-state index contributed by atoms with van der Waals surface area (Å²) in [5.41, 5.74) is 4.41. The summed E-state index contributed by atoms with van der Waals surface area (Å²) in [6, 6.07) is 12.7. The first-order chi connectivity index (χ1) is 15.4. The molecule has 0 unspecified atom stereocenters. The maximum Gasteiger partial charge on any atom is 0.258 e. The van der Waals surface area contributed by atoms with E-state index in [4.69, 9.17) is 11.6 Å². The Kier molecular flexibility index (Phi) is 5.51. The molecule has 5 rings (SSSR count). The predicted octanol–water partition coefficient (Wildman–Crippen LogP) is 4.15. The lowest BCUT2D eigenvalue weighted by Gasteiger charge is -2.35. The number of sulfonamides is 1. The third-order valence-electron chi connectivity index (χ3n) is 6.73. The van der Waals surface area contributed by atoms with Crippen LogP contribution in [0.3, 0.4) is 0 Å². The fraction of sp³-hybridized carbons (Fsp3) is 0.375. The normalized spacial score (nSPS) is 19.8. The molecular formula is C24H26ClN3O3S. The summed E-state index contributed by atoms with van der Waals surface area (Å²) in [6.07, 6.45) is 3.99. The van der Waals surface area contributed by atoms with Crippen LogP contribution in [0.4, 0.5) is 11.4 Å². The molecule has 2 aromatic rings. The molecule has 6 nitrogen and oxygen atoms in total. The van der Waals surface area contributed by atoms with E-state index in [0.717, 1.165) is 48.2 Å². The number of hydrogen-bond acceptors (Lipinski definition) is 4. The van der Waals surface area contributed by atoms with Crippen LogP contribution in [0.2, 0.25) is 5.02 Å². The lowest BCUT2D eigenvalue weighted by molar-refractivity contribution is -0.112. The van der Waals surface area contributed by atoms with Crippen molar-refractivity contribution in [1.29, 1.82) is 0 Å². The zero-order valence-corrected chi connectivity index (χ0v) is 19.6. The Bertz CT molecular complexity index is 1210. The molecule has 3 aliphatic rings. The van der Waals surface area contributed by atoms with Crippen LogP contribution in [0.25, 0.3) is 5.57 Å². The van der Waals surface area contributed by atoms with Crippen molar-refractivity contribution in [1.82, 2.24) is 4.31 Å². The molecule has 2 fully saturated rings. The first-order valence-corrected chi connectivity index (χ1v) is 12.8. The third-order valence-corrected chi connectivity index (χ3v) is 8.86. The molecule has 1 amide bonds. The fourth-order valence-corrected chi connectivity index (χ4v) is 6.60. The summed E-state index contributed by atoms with van der Waals surface area (Å²) >= 11 is 6.11. The van der Waals surface area contributed by atoms with Crippen molar-refractivity contribution in [2.45, 2.75) is 30.6 Å². The molecule has 2 aliphatic heterocycles. The number of fused-ring (bicyclic) bond motifs is 1. The van der Waals surface area contributed by atoms with Crippen LogP contribution in [0, 0.1) is 0 Å². The number of piperazine rings is 1. The van der Waals surface area contributed by atoms with E-state index in [1.54, 1.807) is 34.5 Å². The zero-order chi connectivity index (χ0) is 22.5. The molecule has 0 radical (unpaired) electrons. The highest BCUT2D eigenvalue weighted by atomic mass is 35.5. The summed E-state index contributed by atoms with van der Waals surface area (Å²) in [5.74, 6) is -0.0263. The number of allylic oxidation sites excluding steroid dienone is 1. The summed E-state index contributed by atoms with van der Waals surface area (Å²) in [6.45, 7) is 2.00. The SMILES string of the molecule is CN1C(=O)C(=C2CCCC2)c2cc(S(=O)(=O)N3CCN(c4cccc(Cl)c4)CC3)ccc21. The molecule has 0 spiro atoms. The fourth-order valence-electron chi connectivity index (χ4n) is 4.96. The number of rotatable bonds is 3. The van der Waals surface area contributed by atoms with Crippen molar-refractivity contribution < 1.29 is 13.2 Å². The molecule has 1 saturated heterocycles. The van der Waals surface area contributed by atoms with Crippen molar-refractivity contribution in [3.05, 3.63) is 58.6 Å². The molecule has 2 aromatic carbocycles. The van der Waals surface area contributed by atoms with Gasteiger partial charge < -0.3 is 9.80 Å². The highest BCUT2D eigenvalue weighted by Crippen LogP contribution is 2.43. The van der Waals surface area contributed by atoms with Gasteiger partial charge in [-0.05, 0) is 62.1 Å². The number of benzene rings is 2. The van der Waals surface area contributed by atoms with E-state index in [2.05, 4.69) is 4.90 Å². The molecule has 8 heteroatoms. The molecule has 168 valence electrons. The Morgan fingerprint density at radius 1 is 0.938 bits per heavy atom. The maximum absolute atomic E-state index is 13.4. The van der Waals surface area contributed by atoms with E-state index >= 15 is 0 Å². The molecule has 1 saturated carbocycles. The predicted molar refractivity (Wildman–Crippen MR) is 128 cm³/mol. The van der Waals surface area contributed by atoms with Crippen molar-refractivity contribution in [3.8, 4) is 0 Å². The van der Waals surface area contributed by atoms with Gasteiger partial charge in [-0.15, -0.1) is 0 Å². The van der Waals surface area contributed by atoms with E-state index in [9.17, 15) is 13.2 Å². The van der Waals surface area contributed by atoms with Gasteiger partial charge in [-0.25, -0.2) is 8.42 Å². The highest BCUT2D eigenvalue weighted by molar-refractivity contribution is 7.89. The lowest BCUT2D eigenvalue weighted by atomic mass is 10.00. The quantitative estimate of drug-likeness (QED) is 0.631. The number of carbonyl (C=O) groups excluding carboxylic acids is 1. The second kappa shape index (κ2) is 8.21. The van der Waals surface area contributed by atoms with Gasteiger partial charge in [-0.3, -0.25) is 4.79 Å². The van der Waals surface area contributed by atoms with Gasteiger partial charge in [0.2, 0.25) is 10.0 Å². The lowest BCUT2D eigenvalue weighted by Crippen LogP contribution is -2.48. The molecule has 0 N–H and O–H groups in total. The average Bonchev–Trinajstić information content (AvgIpc) is 3.40.